The summed E-state index contributed by atoms with van der Waals surface area (Å²) in [6.07, 6.45) is -7.76. The number of amides is 1. The van der Waals surface area contributed by atoms with Crippen LogP contribution in [0, 0.1) is 0 Å². The number of halogens is 8. The standard InChI is InChI=1S/C22H12Cl2F6N2O2S/c23-14-5-11(6-15(24)10-14)18-3-1-17(34-18)2-4-19(33)32-20(35)31-16-8-12(21(25,26)27)7-13(9-16)22(28,29)30/h1-10H,(H2,31,32,33,35)/b4-2+. The molecule has 0 unspecified atom stereocenters. The van der Waals surface area contributed by atoms with Crippen molar-refractivity contribution in [3.63, 3.8) is 0 Å². The highest BCUT2D eigenvalue weighted by Gasteiger charge is 2.37. The highest BCUT2D eigenvalue weighted by Crippen LogP contribution is 2.37. The van der Waals surface area contributed by atoms with Gasteiger partial charge in [-0.15, -0.1) is 0 Å². The second-order valence-corrected chi connectivity index (χ2v) is 8.21. The maximum absolute atomic E-state index is 13.0. The Kier molecular flexibility index (Phi) is 7.83. The summed E-state index contributed by atoms with van der Waals surface area (Å²) in [5.41, 5.74) is -3.06. The zero-order chi connectivity index (χ0) is 26.0. The van der Waals surface area contributed by atoms with Gasteiger partial charge in [0.05, 0.1) is 11.1 Å². The lowest BCUT2D eigenvalue weighted by molar-refractivity contribution is -0.143. The molecule has 0 radical (unpaired) electrons. The molecule has 1 amide bonds. The Labute approximate surface area is 209 Å². The van der Waals surface area contributed by atoms with E-state index >= 15 is 0 Å². The summed E-state index contributed by atoms with van der Waals surface area (Å²) in [6, 6.07) is 8.80. The summed E-state index contributed by atoms with van der Waals surface area (Å²) in [5.74, 6) is -0.135. The fourth-order valence-electron chi connectivity index (χ4n) is 2.79. The van der Waals surface area contributed by atoms with Gasteiger partial charge in [-0.3, -0.25) is 10.1 Å². The van der Waals surface area contributed by atoms with Crippen molar-refractivity contribution in [1.82, 2.24) is 5.32 Å². The first-order valence-corrected chi connectivity index (χ1v) is 10.5. The molecule has 0 aliphatic rings. The van der Waals surface area contributed by atoms with Crippen molar-refractivity contribution in [3.05, 3.63) is 81.5 Å². The summed E-state index contributed by atoms with van der Waals surface area (Å²) in [4.78, 5) is 12.1. The number of carbonyl (C=O) groups excluding carboxylic acids is 1. The Hall–Kier alpha value is -3.02. The van der Waals surface area contributed by atoms with Crippen molar-refractivity contribution in [2.24, 2.45) is 0 Å². The Morgan fingerprint density at radius 1 is 0.886 bits per heavy atom. The first-order chi connectivity index (χ1) is 16.2. The largest absolute Gasteiger partial charge is 0.457 e. The summed E-state index contributed by atoms with van der Waals surface area (Å²) in [7, 11) is 0. The zero-order valence-electron chi connectivity index (χ0n) is 17.0. The molecule has 3 aromatic rings. The maximum atomic E-state index is 13.0. The topological polar surface area (TPSA) is 54.3 Å². The van der Waals surface area contributed by atoms with E-state index in [0.717, 1.165) is 6.08 Å². The van der Waals surface area contributed by atoms with Gasteiger partial charge < -0.3 is 9.73 Å². The molecule has 35 heavy (non-hydrogen) atoms. The van der Waals surface area contributed by atoms with Gasteiger partial charge in [-0.2, -0.15) is 26.3 Å². The number of thiocarbonyl (C=S) groups is 1. The van der Waals surface area contributed by atoms with E-state index in [4.69, 9.17) is 39.8 Å². The van der Waals surface area contributed by atoms with E-state index in [-0.39, 0.29) is 11.8 Å². The molecule has 1 aromatic heterocycles. The van der Waals surface area contributed by atoms with Crippen LogP contribution in [0.1, 0.15) is 16.9 Å². The molecule has 0 aliphatic carbocycles. The van der Waals surface area contributed by atoms with Gasteiger partial charge in [0, 0.05) is 27.4 Å². The molecule has 2 N–H and O–H groups in total. The SMILES string of the molecule is O=C(/C=C/c1ccc(-c2cc(Cl)cc(Cl)c2)o1)NC(=S)Nc1cc(C(F)(F)F)cc(C(F)(F)F)c1. The minimum atomic E-state index is -5.02. The molecule has 13 heteroatoms. The second-order valence-electron chi connectivity index (χ2n) is 6.93. The third-order valence-electron chi connectivity index (χ3n) is 4.26. The van der Waals surface area contributed by atoms with Gasteiger partial charge in [0.1, 0.15) is 11.5 Å². The van der Waals surface area contributed by atoms with E-state index in [1.165, 1.54) is 6.08 Å². The molecule has 0 bridgehead atoms. The van der Waals surface area contributed by atoms with Gasteiger partial charge in [0.2, 0.25) is 5.91 Å². The van der Waals surface area contributed by atoms with E-state index in [2.05, 4.69) is 10.6 Å². The Morgan fingerprint density at radius 2 is 1.46 bits per heavy atom. The Balaban J connectivity index is 1.67. The Bertz CT molecular complexity index is 1250. The van der Waals surface area contributed by atoms with Gasteiger partial charge in [-0.25, -0.2) is 0 Å². The van der Waals surface area contributed by atoms with Gasteiger partial charge in [0.25, 0.3) is 0 Å². The van der Waals surface area contributed by atoms with Crippen LogP contribution in [0.3, 0.4) is 0 Å². The van der Waals surface area contributed by atoms with Crippen LogP contribution in [0.2, 0.25) is 10.0 Å². The molecule has 0 fully saturated rings. The molecular formula is C22H12Cl2F6N2O2S. The van der Waals surface area contributed by atoms with E-state index in [1.807, 2.05) is 0 Å². The van der Waals surface area contributed by atoms with Crippen LogP contribution in [-0.4, -0.2) is 11.0 Å². The number of anilines is 1. The third kappa shape index (κ3) is 7.48. The lowest BCUT2D eigenvalue weighted by atomic mass is 10.1. The summed E-state index contributed by atoms with van der Waals surface area (Å²) < 4.78 is 83.4. The summed E-state index contributed by atoms with van der Waals surface area (Å²) in [6.45, 7) is 0. The number of hydrogen-bond donors (Lipinski definition) is 2. The number of nitrogens with one attached hydrogen (secondary N) is 2. The number of hydrogen-bond acceptors (Lipinski definition) is 3. The van der Waals surface area contributed by atoms with Crippen LogP contribution in [-0.2, 0) is 17.1 Å². The Morgan fingerprint density at radius 3 is 2.00 bits per heavy atom. The van der Waals surface area contributed by atoms with Crippen molar-refractivity contribution >= 4 is 58.2 Å². The minimum Gasteiger partial charge on any atom is -0.457 e. The first-order valence-electron chi connectivity index (χ1n) is 9.36. The normalized spacial score (nSPS) is 12.1. The van der Waals surface area contributed by atoms with Gasteiger partial charge in [-0.1, -0.05) is 23.2 Å². The molecule has 0 aliphatic heterocycles. The van der Waals surface area contributed by atoms with Gasteiger partial charge in [0.15, 0.2) is 5.11 Å². The molecule has 0 saturated carbocycles. The quantitative estimate of drug-likeness (QED) is 0.197. The summed E-state index contributed by atoms with van der Waals surface area (Å²) in [5, 5.41) is 4.55. The van der Waals surface area contributed by atoms with Crippen molar-refractivity contribution in [1.29, 1.82) is 0 Å². The molecule has 0 atom stereocenters. The lowest BCUT2D eigenvalue weighted by Gasteiger charge is -2.15. The highest BCUT2D eigenvalue weighted by molar-refractivity contribution is 7.80. The van der Waals surface area contributed by atoms with Gasteiger partial charge >= 0.3 is 12.4 Å². The number of carbonyl (C=O) groups is 1. The monoisotopic (exact) mass is 552 g/mol. The van der Waals surface area contributed by atoms with Crippen molar-refractivity contribution < 1.29 is 35.6 Å². The van der Waals surface area contributed by atoms with Gasteiger partial charge in [-0.05, 0) is 66.8 Å². The first kappa shape index (κ1) is 26.6. The molecule has 2 aromatic carbocycles. The average molecular weight is 553 g/mol. The molecule has 4 nitrogen and oxygen atoms in total. The van der Waals surface area contributed by atoms with Crippen molar-refractivity contribution in [2.75, 3.05) is 5.32 Å². The summed E-state index contributed by atoms with van der Waals surface area (Å²) >= 11 is 16.7. The van der Waals surface area contributed by atoms with Crippen LogP contribution >= 0.6 is 35.4 Å². The van der Waals surface area contributed by atoms with E-state index in [0.29, 0.717) is 33.5 Å². The molecule has 184 valence electrons. The van der Waals surface area contributed by atoms with Crippen molar-refractivity contribution in [2.45, 2.75) is 12.4 Å². The second kappa shape index (κ2) is 10.3. The number of alkyl halides is 6. The average Bonchev–Trinajstić information content (AvgIpc) is 3.19. The van der Waals surface area contributed by atoms with E-state index < -0.39 is 40.2 Å². The predicted molar refractivity (Wildman–Crippen MR) is 124 cm³/mol. The van der Waals surface area contributed by atoms with Crippen molar-refractivity contribution in [3.8, 4) is 11.3 Å². The van der Waals surface area contributed by atoms with Crippen LogP contribution < -0.4 is 10.6 Å². The number of rotatable bonds is 4. The predicted octanol–water partition coefficient (Wildman–Crippen LogP) is 7.82. The van der Waals surface area contributed by atoms with E-state index in [9.17, 15) is 31.1 Å². The molecular weight excluding hydrogens is 541 g/mol. The molecule has 3 rings (SSSR count). The fourth-order valence-corrected chi connectivity index (χ4v) is 3.54. The third-order valence-corrected chi connectivity index (χ3v) is 4.90. The minimum absolute atomic E-state index is 0.0233. The molecule has 1 heterocycles. The van der Waals surface area contributed by atoms with E-state index in [1.54, 1.807) is 30.3 Å². The lowest BCUT2D eigenvalue weighted by Crippen LogP contribution is -2.33. The number of benzene rings is 2. The zero-order valence-corrected chi connectivity index (χ0v) is 19.4. The number of furan rings is 1. The maximum Gasteiger partial charge on any atom is 0.416 e. The highest BCUT2D eigenvalue weighted by atomic mass is 35.5. The fraction of sp³-hybridized carbons (Fsp3) is 0.0909. The van der Waals surface area contributed by atoms with Crippen LogP contribution in [0.15, 0.2) is 59.0 Å². The smallest absolute Gasteiger partial charge is 0.416 e. The van der Waals surface area contributed by atoms with Crippen LogP contribution in [0.4, 0.5) is 32.0 Å². The van der Waals surface area contributed by atoms with Crippen LogP contribution in [0.5, 0.6) is 0 Å². The molecule has 0 saturated heterocycles. The molecule has 0 spiro atoms. The van der Waals surface area contributed by atoms with Crippen LogP contribution in [0.25, 0.3) is 17.4 Å².